The molecule has 5 aromatic rings. The average molecular weight is 434 g/mol. The molecule has 1 fully saturated rings. The van der Waals surface area contributed by atoms with Crippen molar-refractivity contribution in [3.05, 3.63) is 96.6 Å². The van der Waals surface area contributed by atoms with Crippen molar-refractivity contribution in [2.75, 3.05) is 10.6 Å². The molecule has 2 N–H and O–H groups in total. The number of pyridine rings is 2. The van der Waals surface area contributed by atoms with Crippen LogP contribution in [0, 0.1) is 0 Å². The Balaban J connectivity index is 1.27. The molecule has 7 nitrogen and oxygen atoms in total. The number of hydrogen-bond donors (Lipinski definition) is 2. The number of nitrogens with one attached hydrogen (secondary N) is 2. The Kier molecular flexibility index (Phi) is 4.92. The van der Waals surface area contributed by atoms with Crippen molar-refractivity contribution >= 4 is 23.0 Å². The summed E-state index contributed by atoms with van der Waals surface area (Å²) >= 11 is 0. The standard InChI is InChI=1S/C26H23N7/c1-2-13-28-23(5-1)20-8-6-18(7-9-20)15-29-25-14-24(31-21-4-3-12-27-16-21)32-26-22(19-10-11-19)17-30-33(25)26/h1-9,12-14,16-17,19,29H,10-11,15H2,(H,31,32). The van der Waals surface area contributed by atoms with Crippen LogP contribution in [-0.4, -0.2) is 24.6 Å². The second-order valence-corrected chi connectivity index (χ2v) is 8.27. The van der Waals surface area contributed by atoms with Crippen LogP contribution < -0.4 is 10.6 Å². The number of hydrogen-bond acceptors (Lipinski definition) is 6. The number of benzene rings is 1. The molecule has 0 spiro atoms. The lowest BCUT2D eigenvalue weighted by Crippen LogP contribution is -2.08. The molecule has 0 saturated heterocycles. The summed E-state index contributed by atoms with van der Waals surface area (Å²) in [6, 6.07) is 20.3. The van der Waals surface area contributed by atoms with Gasteiger partial charge in [-0.3, -0.25) is 9.97 Å². The van der Waals surface area contributed by atoms with Gasteiger partial charge in [0.1, 0.15) is 11.6 Å². The van der Waals surface area contributed by atoms with E-state index in [-0.39, 0.29) is 0 Å². The van der Waals surface area contributed by atoms with Crippen molar-refractivity contribution < 1.29 is 0 Å². The van der Waals surface area contributed by atoms with E-state index < -0.39 is 0 Å². The largest absolute Gasteiger partial charge is 0.366 e. The van der Waals surface area contributed by atoms with Crippen molar-refractivity contribution in [2.24, 2.45) is 0 Å². The van der Waals surface area contributed by atoms with Gasteiger partial charge in [-0.25, -0.2) is 4.98 Å². The van der Waals surface area contributed by atoms with Gasteiger partial charge < -0.3 is 10.6 Å². The van der Waals surface area contributed by atoms with Gasteiger partial charge >= 0.3 is 0 Å². The molecule has 1 saturated carbocycles. The Hall–Kier alpha value is -4.26. The third-order valence-electron chi connectivity index (χ3n) is 5.84. The van der Waals surface area contributed by atoms with Gasteiger partial charge in [0.2, 0.25) is 0 Å². The van der Waals surface area contributed by atoms with E-state index in [1.807, 2.05) is 53.3 Å². The lowest BCUT2D eigenvalue weighted by atomic mass is 10.1. The molecule has 33 heavy (non-hydrogen) atoms. The van der Waals surface area contributed by atoms with Crippen LogP contribution in [0.15, 0.2) is 85.5 Å². The maximum atomic E-state index is 4.87. The van der Waals surface area contributed by atoms with Crippen molar-refractivity contribution in [1.82, 2.24) is 24.6 Å². The summed E-state index contributed by atoms with van der Waals surface area (Å²) in [6.45, 7) is 0.673. The fourth-order valence-corrected chi connectivity index (χ4v) is 3.96. The van der Waals surface area contributed by atoms with Crippen LogP contribution in [0.4, 0.5) is 17.3 Å². The van der Waals surface area contributed by atoms with Gasteiger partial charge in [0.25, 0.3) is 0 Å². The van der Waals surface area contributed by atoms with Crippen LogP contribution in [0.3, 0.4) is 0 Å². The Morgan fingerprint density at radius 3 is 2.61 bits per heavy atom. The maximum absolute atomic E-state index is 4.87. The van der Waals surface area contributed by atoms with E-state index in [2.05, 4.69) is 50.0 Å². The first-order valence-corrected chi connectivity index (χ1v) is 11.1. The summed E-state index contributed by atoms with van der Waals surface area (Å²) in [5.41, 5.74) is 6.28. The Morgan fingerprint density at radius 2 is 1.85 bits per heavy atom. The number of nitrogens with zero attached hydrogens (tertiary/aromatic N) is 5. The van der Waals surface area contributed by atoms with E-state index in [1.54, 1.807) is 12.4 Å². The molecule has 0 unspecified atom stereocenters. The molecule has 1 aliphatic rings. The van der Waals surface area contributed by atoms with Gasteiger partial charge in [0, 0.05) is 36.1 Å². The topological polar surface area (TPSA) is 80.0 Å². The van der Waals surface area contributed by atoms with Crippen LogP contribution in [0.1, 0.15) is 29.9 Å². The highest BCUT2D eigenvalue weighted by Crippen LogP contribution is 2.42. The van der Waals surface area contributed by atoms with E-state index in [1.165, 1.54) is 24.0 Å². The first-order chi connectivity index (χ1) is 16.3. The van der Waals surface area contributed by atoms with Gasteiger partial charge in [-0.05, 0) is 48.6 Å². The molecule has 0 aliphatic heterocycles. The predicted molar refractivity (Wildman–Crippen MR) is 129 cm³/mol. The smallest absolute Gasteiger partial charge is 0.163 e. The molecule has 4 aromatic heterocycles. The lowest BCUT2D eigenvalue weighted by molar-refractivity contribution is 0.926. The zero-order valence-electron chi connectivity index (χ0n) is 18.0. The van der Waals surface area contributed by atoms with Crippen LogP contribution in [0.2, 0.25) is 0 Å². The van der Waals surface area contributed by atoms with Gasteiger partial charge in [-0.2, -0.15) is 9.61 Å². The average Bonchev–Trinajstić information content (AvgIpc) is 3.63. The van der Waals surface area contributed by atoms with E-state index >= 15 is 0 Å². The molecule has 1 aliphatic carbocycles. The second-order valence-electron chi connectivity index (χ2n) is 8.27. The normalized spacial score (nSPS) is 13.2. The minimum Gasteiger partial charge on any atom is -0.366 e. The maximum Gasteiger partial charge on any atom is 0.163 e. The van der Waals surface area contributed by atoms with Crippen molar-refractivity contribution in [1.29, 1.82) is 0 Å². The van der Waals surface area contributed by atoms with E-state index in [0.717, 1.165) is 34.2 Å². The minimum absolute atomic E-state index is 0.565. The third-order valence-corrected chi connectivity index (χ3v) is 5.84. The summed E-state index contributed by atoms with van der Waals surface area (Å²) < 4.78 is 1.91. The van der Waals surface area contributed by atoms with E-state index in [9.17, 15) is 0 Å². The highest BCUT2D eigenvalue weighted by molar-refractivity contribution is 5.66. The third kappa shape index (κ3) is 4.13. The fourth-order valence-electron chi connectivity index (χ4n) is 3.96. The van der Waals surface area contributed by atoms with Gasteiger partial charge in [-0.1, -0.05) is 30.3 Å². The molecular weight excluding hydrogens is 410 g/mol. The lowest BCUT2D eigenvalue weighted by Gasteiger charge is -2.12. The number of aromatic nitrogens is 5. The molecule has 0 atom stereocenters. The van der Waals surface area contributed by atoms with Crippen molar-refractivity contribution in [2.45, 2.75) is 25.3 Å². The van der Waals surface area contributed by atoms with Gasteiger partial charge in [0.05, 0.1) is 23.8 Å². The highest BCUT2D eigenvalue weighted by atomic mass is 15.3. The molecule has 4 heterocycles. The number of anilines is 3. The monoisotopic (exact) mass is 433 g/mol. The summed E-state index contributed by atoms with van der Waals surface area (Å²) in [7, 11) is 0. The first-order valence-electron chi connectivity index (χ1n) is 11.1. The Morgan fingerprint density at radius 1 is 0.939 bits per heavy atom. The molecule has 6 rings (SSSR count). The summed E-state index contributed by atoms with van der Waals surface area (Å²) in [4.78, 5) is 13.5. The van der Waals surface area contributed by atoms with Crippen LogP contribution in [0.25, 0.3) is 16.9 Å². The first kappa shape index (κ1) is 19.4. The zero-order valence-corrected chi connectivity index (χ0v) is 18.0. The molecule has 162 valence electrons. The molecular formula is C26H23N7. The second kappa shape index (κ2) is 8.35. The molecule has 0 bridgehead atoms. The Bertz CT molecular complexity index is 1380. The van der Waals surface area contributed by atoms with Crippen LogP contribution >= 0.6 is 0 Å². The van der Waals surface area contributed by atoms with E-state index in [0.29, 0.717) is 12.5 Å². The van der Waals surface area contributed by atoms with Gasteiger partial charge in [-0.15, -0.1) is 0 Å². The van der Waals surface area contributed by atoms with Crippen molar-refractivity contribution in [3.8, 4) is 11.3 Å². The molecule has 0 amide bonds. The number of rotatable bonds is 7. The minimum atomic E-state index is 0.565. The summed E-state index contributed by atoms with van der Waals surface area (Å²) in [5, 5.41) is 11.6. The molecule has 1 aromatic carbocycles. The van der Waals surface area contributed by atoms with Crippen LogP contribution in [-0.2, 0) is 6.54 Å². The zero-order chi connectivity index (χ0) is 22.0. The SMILES string of the molecule is c1ccc(-c2ccc(CNc3cc(Nc4cccnc4)nc4c(C5CC5)cnn34)cc2)nc1. The summed E-state index contributed by atoms with van der Waals surface area (Å²) in [5.74, 6) is 2.23. The van der Waals surface area contributed by atoms with Gasteiger partial charge in [0.15, 0.2) is 5.65 Å². The van der Waals surface area contributed by atoms with Crippen molar-refractivity contribution in [3.63, 3.8) is 0 Å². The Labute approximate surface area is 191 Å². The fraction of sp³-hybridized carbons (Fsp3) is 0.154. The van der Waals surface area contributed by atoms with E-state index in [4.69, 9.17) is 4.98 Å². The highest BCUT2D eigenvalue weighted by Gasteiger charge is 2.28. The summed E-state index contributed by atoms with van der Waals surface area (Å²) in [6.07, 6.45) is 9.73. The van der Waals surface area contributed by atoms with Crippen LogP contribution in [0.5, 0.6) is 0 Å². The molecule has 7 heteroatoms. The quantitative estimate of drug-likeness (QED) is 0.357. The molecule has 0 radical (unpaired) electrons. The number of fused-ring (bicyclic) bond motifs is 1. The predicted octanol–water partition coefficient (Wildman–Crippen LogP) is 5.42.